The molecule has 1 aromatic carbocycles. The zero-order valence-corrected chi connectivity index (χ0v) is 13.8. The van der Waals surface area contributed by atoms with Gasteiger partial charge in [0.2, 0.25) is 0 Å². The topological polar surface area (TPSA) is 67.2 Å². The third kappa shape index (κ3) is 3.24. The van der Waals surface area contributed by atoms with Gasteiger partial charge in [-0.05, 0) is 55.5 Å². The highest BCUT2D eigenvalue weighted by molar-refractivity contribution is 5.94. The highest BCUT2D eigenvalue weighted by atomic mass is 16.2. The second-order valence-corrected chi connectivity index (χ2v) is 6.23. The lowest BCUT2D eigenvalue weighted by atomic mass is 10.1. The summed E-state index contributed by atoms with van der Waals surface area (Å²) in [6.07, 6.45) is 1.53. The van der Waals surface area contributed by atoms with Crippen LogP contribution in [-0.2, 0) is 0 Å². The highest BCUT2D eigenvalue weighted by Crippen LogP contribution is 2.16. The molecule has 1 saturated heterocycles. The van der Waals surface area contributed by atoms with Gasteiger partial charge in [0.15, 0.2) is 0 Å². The number of nitrogens with zero attached hydrogens (tertiary/aromatic N) is 6. The molecule has 0 unspecified atom stereocenters. The lowest BCUT2D eigenvalue weighted by molar-refractivity contribution is 0.0426. The molecule has 1 amide bonds. The first-order chi connectivity index (χ1) is 11.1. The predicted octanol–water partition coefficient (Wildman–Crippen LogP) is 1.22. The van der Waals surface area contributed by atoms with Crippen LogP contribution < -0.4 is 0 Å². The molecule has 122 valence electrons. The van der Waals surface area contributed by atoms with Crippen LogP contribution in [0, 0.1) is 0 Å². The van der Waals surface area contributed by atoms with Gasteiger partial charge in [0, 0.05) is 37.3 Å². The van der Waals surface area contributed by atoms with Crippen LogP contribution in [-0.4, -0.2) is 67.6 Å². The van der Waals surface area contributed by atoms with E-state index in [-0.39, 0.29) is 5.91 Å². The van der Waals surface area contributed by atoms with Crippen molar-refractivity contribution in [1.29, 1.82) is 0 Å². The van der Waals surface area contributed by atoms with Gasteiger partial charge in [-0.3, -0.25) is 9.69 Å². The summed E-state index contributed by atoms with van der Waals surface area (Å²) in [6.45, 7) is 9.05. The van der Waals surface area contributed by atoms with Crippen molar-refractivity contribution in [3.63, 3.8) is 0 Å². The number of piperazine rings is 1. The van der Waals surface area contributed by atoms with E-state index in [4.69, 9.17) is 0 Å². The molecule has 0 aliphatic carbocycles. The third-order valence-corrected chi connectivity index (χ3v) is 4.36. The van der Waals surface area contributed by atoms with Crippen LogP contribution in [0.5, 0.6) is 0 Å². The summed E-state index contributed by atoms with van der Waals surface area (Å²) in [5, 5.41) is 11.1. The van der Waals surface area contributed by atoms with Crippen LogP contribution >= 0.6 is 0 Å². The minimum absolute atomic E-state index is 0.0866. The molecule has 2 heterocycles. The van der Waals surface area contributed by atoms with Gasteiger partial charge in [-0.1, -0.05) is 0 Å². The molecule has 0 spiro atoms. The number of carbonyl (C=O) groups excluding carboxylic acids is 1. The van der Waals surface area contributed by atoms with Gasteiger partial charge in [0.1, 0.15) is 6.33 Å². The van der Waals surface area contributed by atoms with Gasteiger partial charge in [-0.2, -0.15) is 0 Å². The zero-order valence-electron chi connectivity index (χ0n) is 13.8. The summed E-state index contributed by atoms with van der Waals surface area (Å²) < 4.78 is 1.57. The summed E-state index contributed by atoms with van der Waals surface area (Å²) in [5.74, 6) is 0.0866. The molecule has 7 nitrogen and oxygen atoms in total. The summed E-state index contributed by atoms with van der Waals surface area (Å²) in [5.41, 5.74) is 1.54. The normalized spacial score (nSPS) is 19.3. The van der Waals surface area contributed by atoms with Crippen molar-refractivity contribution in [2.24, 2.45) is 0 Å². The van der Waals surface area contributed by atoms with Crippen LogP contribution in [0.15, 0.2) is 30.6 Å². The Balaban J connectivity index is 1.69. The molecule has 1 aliphatic heterocycles. The van der Waals surface area contributed by atoms with Gasteiger partial charge < -0.3 is 4.90 Å². The number of aromatic nitrogens is 4. The Hall–Kier alpha value is -2.28. The van der Waals surface area contributed by atoms with E-state index in [1.54, 1.807) is 4.68 Å². The number of hydrogen-bond acceptors (Lipinski definition) is 5. The number of carbonyl (C=O) groups is 1. The Morgan fingerprint density at radius 1 is 1.22 bits per heavy atom. The van der Waals surface area contributed by atoms with Crippen molar-refractivity contribution < 1.29 is 4.79 Å². The molecule has 0 bridgehead atoms. The third-order valence-electron chi connectivity index (χ3n) is 4.36. The fourth-order valence-electron chi connectivity index (χ4n) is 3.14. The van der Waals surface area contributed by atoms with Crippen molar-refractivity contribution in [2.45, 2.75) is 32.9 Å². The van der Waals surface area contributed by atoms with E-state index in [1.807, 2.05) is 29.2 Å². The van der Waals surface area contributed by atoms with Crippen LogP contribution in [0.25, 0.3) is 5.69 Å². The molecule has 7 heteroatoms. The van der Waals surface area contributed by atoms with Gasteiger partial charge >= 0.3 is 0 Å². The van der Waals surface area contributed by atoms with E-state index in [2.05, 4.69) is 41.2 Å². The van der Waals surface area contributed by atoms with E-state index in [0.717, 1.165) is 25.3 Å². The molecule has 1 aliphatic rings. The SMILES string of the molecule is CC(C)N1CCN(C(=O)c2ccc(-n3cnnn3)cc2)C[C@H]1C. The van der Waals surface area contributed by atoms with E-state index < -0.39 is 0 Å². The number of amides is 1. The molecule has 1 aromatic heterocycles. The summed E-state index contributed by atoms with van der Waals surface area (Å²) in [7, 11) is 0. The lowest BCUT2D eigenvalue weighted by Gasteiger charge is -2.42. The number of hydrogen-bond donors (Lipinski definition) is 0. The Kier molecular flexibility index (Phi) is 4.38. The van der Waals surface area contributed by atoms with Gasteiger partial charge in [-0.15, -0.1) is 5.10 Å². The van der Waals surface area contributed by atoms with E-state index >= 15 is 0 Å². The predicted molar refractivity (Wildman–Crippen MR) is 86.4 cm³/mol. The minimum Gasteiger partial charge on any atom is -0.336 e. The van der Waals surface area contributed by atoms with Crippen molar-refractivity contribution in [3.05, 3.63) is 36.2 Å². The van der Waals surface area contributed by atoms with Crippen LogP contribution in [0.3, 0.4) is 0 Å². The van der Waals surface area contributed by atoms with Gasteiger partial charge in [0.05, 0.1) is 5.69 Å². The van der Waals surface area contributed by atoms with E-state index in [9.17, 15) is 4.79 Å². The zero-order chi connectivity index (χ0) is 16.4. The summed E-state index contributed by atoms with van der Waals surface area (Å²) in [4.78, 5) is 17.1. The standard InChI is InChI=1S/C16H22N6O/c1-12(2)21-9-8-20(10-13(21)3)16(23)14-4-6-15(7-5-14)22-11-17-18-19-22/h4-7,11-13H,8-10H2,1-3H3/t13-/m1/s1. The Bertz CT molecular complexity index is 652. The molecular weight excluding hydrogens is 292 g/mol. The van der Waals surface area contributed by atoms with Crippen LogP contribution in [0.4, 0.5) is 0 Å². The second kappa shape index (κ2) is 6.45. The lowest BCUT2D eigenvalue weighted by Crippen LogP contribution is -2.55. The largest absolute Gasteiger partial charge is 0.336 e. The molecule has 0 saturated carbocycles. The smallest absolute Gasteiger partial charge is 0.253 e. The quantitative estimate of drug-likeness (QED) is 0.852. The highest BCUT2D eigenvalue weighted by Gasteiger charge is 2.28. The fourth-order valence-corrected chi connectivity index (χ4v) is 3.14. The molecule has 3 rings (SSSR count). The maximum absolute atomic E-state index is 12.7. The molecule has 1 fully saturated rings. The number of rotatable bonds is 3. The van der Waals surface area contributed by atoms with Gasteiger partial charge in [-0.25, -0.2) is 4.68 Å². The van der Waals surface area contributed by atoms with E-state index in [0.29, 0.717) is 17.6 Å². The minimum atomic E-state index is 0.0866. The molecule has 0 N–H and O–H groups in total. The van der Waals surface area contributed by atoms with Crippen LogP contribution in [0.1, 0.15) is 31.1 Å². The molecule has 2 aromatic rings. The number of benzene rings is 1. The van der Waals surface area contributed by atoms with E-state index in [1.165, 1.54) is 6.33 Å². The van der Waals surface area contributed by atoms with Crippen LogP contribution in [0.2, 0.25) is 0 Å². The fraction of sp³-hybridized carbons (Fsp3) is 0.500. The van der Waals surface area contributed by atoms with Crippen molar-refractivity contribution in [3.8, 4) is 5.69 Å². The molecule has 23 heavy (non-hydrogen) atoms. The summed E-state index contributed by atoms with van der Waals surface area (Å²) in [6, 6.07) is 8.28. The average molecular weight is 314 g/mol. The van der Waals surface area contributed by atoms with Gasteiger partial charge in [0.25, 0.3) is 5.91 Å². The molecule has 1 atom stereocenters. The molecular formula is C16H22N6O. The maximum atomic E-state index is 12.7. The average Bonchev–Trinajstić information content (AvgIpc) is 3.08. The van der Waals surface area contributed by atoms with Crippen molar-refractivity contribution >= 4 is 5.91 Å². The Morgan fingerprint density at radius 2 is 1.96 bits per heavy atom. The monoisotopic (exact) mass is 314 g/mol. The Labute approximate surface area is 135 Å². The summed E-state index contributed by atoms with van der Waals surface area (Å²) >= 11 is 0. The second-order valence-electron chi connectivity index (χ2n) is 6.23. The number of tetrazole rings is 1. The molecule has 0 radical (unpaired) electrons. The maximum Gasteiger partial charge on any atom is 0.253 e. The first-order valence-electron chi connectivity index (χ1n) is 7.94. The van der Waals surface area contributed by atoms with Crippen molar-refractivity contribution in [1.82, 2.24) is 30.0 Å². The van der Waals surface area contributed by atoms with Crippen molar-refractivity contribution in [2.75, 3.05) is 19.6 Å². The first-order valence-corrected chi connectivity index (χ1v) is 7.94. The first kappa shape index (κ1) is 15.6. The Morgan fingerprint density at radius 3 is 2.52 bits per heavy atom.